The van der Waals surface area contributed by atoms with Gasteiger partial charge in [-0.15, -0.1) is 0 Å². The summed E-state index contributed by atoms with van der Waals surface area (Å²) in [5.41, 5.74) is 1.24. The monoisotopic (exact) mass is 400 g/mol. The average molecular weight is 401 g/mol. The van der Waals surface area contributed by atoms with Gasteiger partial charge in [-0.2, -0.15) is 0 Å². The summed E-state index contributed by atoms with van der Waals surface area (Å²) < 4.78 is 22.8. The number of para-hydroxylation sites is 2. The van der Waals surface area contributed by atoms with E-state index in [1.165, 1.54) is 18.1 Å². The number of halogens is 2. The van der Waals surface area contributed by atoms with Crippen LogP contribution in [0.1, 0.15) is 5.56 Å². The van der Waals surface area contributed by atoms with Crippen LogP contribution in [0.3, 0.4) is 0 Å². The summed E-state index contributed by atoms with van der Waals surface area (Å²) in [4.78, 5) is 9.10. The minimum Gasteiger partial charge on any atom is -0.454 e. The second-order valence-corrected chi connectivity index (χ2v) is 6.88. The summed E-state index contributed by atoms with van der Waals surface area (Å²) in [6, 6.07) is 14.6. The number of rotatable bonds is 4. The standard InChI is InChI=1S/C19H14ClFN4OS/c20-13-4-1-2-5-15(13)26-16-6-3-7-17-18(16)24-19(25-27-17)23-10-12-8-9-22-11-14(12)21/h1-9,11H,10H2,(H2,23,24,25). The first-order valence-electron chi connectivity index (χ1n) is 8.09. The van der Waals surface area contributed by atoms with E-state index in [0.29, 0.717) is 28.0 Å². The van der Waals surface area contributed by atoms with E-state index >= 15 is 0 Å². The van der Waals surface area contributed by atoms with E-state index in [-0.39, 0.29) is 12.4 Å². The van der Waals surface area contributed by atoms with Crippen molar-refractivity contribution >= 4 is 35.2 Å². The molecule has 0 aliphatic carbocycles. The molecule has 1 aliphatic heterocycles. The zero-order valence-corrected chi connectivity index (χ0v) is 15.5. The largest absolute Gasteiger partial charge is 0.454 e. The van der Waals surface area contributed by atoms with Crippen LogP contribution in [0.5, 0.6) is 11.5 Å². The predicted molar refractivity (Wildman–Crippen MR) is 106 cm³/mol. The van der Waals surface area contributed by atoms with Crippen LogP contribution in [0.15, 0.2) is 70.8 Å². The maximum absolute atomic E-state index is 13.7. The Bertz CT molecular complexity index is 1010. The molecule has 2 N–H and O–H groups in total. The minimum atomic E-state index is -0.381. The lowest BCUT2D eigenvalue weighted by atomic mass is 10.2. The Hall–Kier alpha value is -2.77. The Morgan fingerprint density at radius 2 is 1.96 bits per heavy atom. The summed E-state index contributed by atoms with van der Waals surface area (Å²) in [7, 11) is 0. The zero-order chi connectivity index (χ0) is 18.6. The third kappa shape index (κ3) is 3.99. The van der Waals surface area contributed by atoms with Crippen molar-refractivity contribution in [3.05, 3.63) is 77.3 Å². The molecular weight excluding hydrogens is 387 g/mol. The third-order valence-electron chi connectivity index (χ3n) is 3.81. The van der Waals surface area contributed by atoms with Gasteiger partial charge >= 0.3 is 0 Å². The molecule has 1 aliphatic rings. The highest BCUT2D eigenvalue weighted by atomic mass is 35.5. The molecule has 0 radical (unpaired) electrons. The molecule has 0 unspecified atom stereocenters. The normalized spacial score (nSPS) is 14.2. The Balaban J connectivity index is 1.57. The molecule has 1 aromatic heterocycles. The zero-order valence-electron chi connectivity index (χ0n) is 13.9. The van der Waals surface area contributed by atoms with Gasteiger partial charge in [0, 0.05) is 11.8 Å². The summed E-state index contributed by atoms with van der Waals surface area (Å²) in [6.45, 7) is 0.188. The molecule has 0 amide bonds. The summed E-state index contributed by atoms with van der Waals surface area (Å²) in [5, 5.41) is 3.73. The lowest BCUT2D eigenvalue weighted by Crippen LogP contribution is -2.29. The summed E-state index contributed by atoms with van der Waals surface area (Å²) >= 11 is 7.59. The van der Waals surface area contributed by atoms with Crippen molar-refractivity contribution in [2.24, 2.45) is 4.99 Å². The number of pyridine rings is 1. The number of anilines is 1. The first-order chi connectivity index (χ1) is 13.2. The number of hydrogen-bond donors (Lipinski definition) is 2. The molecule has 0 fully saturated rings. The van der Waals surface area contributed by atoms with Crippen molar-refractivity contribution in [2.45, 2.75) is 11.4 Å². The van der Waals surface area contributed by atoms with Crippen LogP contribution < -0.4 is 14.8 Å². The Labute approximate surface area is 164 Å². The van der Waals surface area contributed by atoms with E-state index in [1.54, 1.807) is 24.4 Å². The lowest BCUT2D eigenvalue weighted by molar-refractivity contribution is 0.484. The van der Waals surface area contributed by atoms with Crippen molar-refractivity contribution in [3.63, 3.8) is 0 Å². The van der Waals surface area contributed by atoms with Gasteiger partial charge in [-0.1, -0.05) is 29.8 Å². The molecule has 2 heterocycles. The average Bonchev–Trinajstić information content (AvgIpc) is 2.69. The van der Waals surface area contributed by atoms with Crippen molar-refractivity contribution in [2.75, 3.05) is 5.32 Å². The van der Waals surface area contributed by atoms with Gasteiger partial charge in [-0.3, -0.25) is 9.71 Å². The fourth-order valence-corrected chi connectivity index (χ4v) is 3.36. The van der Waals surface area contributed by atoms with Crippen LogP contribution in [0.4, 0.5) is 10.1 Å². The van der Waals surface area contributed by atoms with Crippen molar-refractivity contribution in [3.8, 4) is 11.5 Å². The van der Waals surface area contributed by atoms with Crippen LogP contribution in [0, 0.1) is 5.82 Å². The molecule has 0 saturated carbocycles. The van der Waals surface area contributed by atoms with E-state index in [0.717, 1.165) is 10.6 Å². The van der Waals surface area contributed by atoms with Crippen molar-refractivity contribution < 1.29 is 9.13 Å². The second-order valence-electron chi connectivity index (χ2n) is 5.62. The number of nitrogens with one attached hydrogen (secondary N) is 2. The van der Waals surface area contributed by atoms with Gasteiger partial charge in [0.1, 0.15) is 11.6 Å². The number of guanidine groups is 1. The van der Waals surface area contributed by atoms with Gasteiger partial charge in [0.2, 0.25) is 5.96 Å². The number of hydrogen-bond acceptors (Lipinski definition) is 4. The highest BCUT2D eigenvalue weighted by Gasteiger charge is 2.19. The van der Waals surface area contributed by atoms with Crippen LogP contribution in [0.25, 0.3) is 0 Å². The Morgan fingerprint density at radius 1 is 1.11 bits per heavy atom. The van der Waals surface area contributed by atoms with Gasteiger partial charge in [0.05, 0.1) is 28.3 Å². The molecule has 27 heavy (non-hydrogen) atoms. The molecule has 5 nitrogen and oxygen atoms in total. The molecule has 4 rings (SSSR count). The lowest BCUT2D eigenvalue weighted by Gasteiger charge is -2.23. The van der Waals surface area contributed by atoms with E-state index in [4.69, 9.17) is 16.3 Å². The van der Waals surface area contributed by atoms with Gasteiger partial charge < -0.3 is 10.1 Å². The van der Waals surface area contributed by atoms with Crippen molar-refractivity contribution in [1.82, 2.24) is 9.71 Å². The first kappa shape index (κ1) is 17.6. The quantitative estimate of drug-likeness (QED) is 0.586. The van der Waals surface area contributed by atoms with Crippen LogP contribution >= 0.6 is 23.5 Å². The van der Waals surface area contributed by atoms with Crippen molar-refractivity contribution in [1.29, 1.82) is 0 Å². The number of ether oxygens (including phenoxy) is 1. The van der Waals surface area contributed by atoms with Gasteiger partial charge in [-0.05, 0) is 42.3 Å². The SMILES string of the molecule is Fc1cnccc1CN=C1NSc2cccc(Oc3ccccc3Cl)c2N1. The second kappa shape index (κ2) is 7.85. The molecular formula is C19H14ClFN4OS. The molecule has 0 spiro atoms. The maximum atomic E-state index is 13.7. The van der Waals surface area contributed by atoms with Crippen LogP contribution in [-0.4, -0.2) is 10.9 Å². The van der Waals surface area contributed by atoms with Gasteiger partial charge in [0.15, 0.2) is 5.75 Å². The Kier molecular flexibility index (Phi) is 5.13. The minimum absolute atomic E-state index is 0.188. The predicted octanol–water partition coefficient (Wildman–Crippen LogP) is 5.24. The fraction of sp³-hybridized carbons (Fsp3) is 0.0526. The Morgan fingerprint density at radius 3 is 2.81 bits per heavy atom. The van der Waals surface area contributed by atoms with Crippen LogP contribution in [-0.2, 0) is 6.54 Å². The molecule has 8 heteroatoms. The first-order valence-corrected chi connectivity index (χ1v) is 9.28. The number of nitrogens with zero attached hydrogens (tertiary/aromatic N) is 2. The topological polar surface area (TPSA) is 58.5 Å². The smallest absolute Gasteiger partial charge is 0.206 e. The summed E-state index contributed by atoms with van der Waals surface area (Å²) in [5.74, 6) is 1.32. The number of aromatic nitrogens is 1. The van der Waals surface area contributed by atoms with E-state index in [9.17, 15) is 4.39 Å². The van der Waals surface area contributed by atoms with E-state index in [2.05, 4.69) is 20.0 Å². The van der Waals surface area contributed by atoms with Gasteiger partial charge in [-0.25, -0.2) is 9.38 Å². The fourth-order valence-electron chi connectivity index (χ4n) is 2.47. The molecule has 136 valence electrons. The maximum Gasteiger partial charge on any atom is 0.206 e. The highest BCUT2D eigenvalue weighted by molar-refractivity contribution is 7.98. The highest BCUT2D eigenvalue weighted by Crippen LogP contribution is 2.40. The number of benzene rings is 2. The van der Waals surface area contributed by atoms with Crippen LogP contribution in [0.2, 0.25) is 5.02 Å². The molecule has 0 bridgehead atoms. The molecule has 0 saturated heterocycles. The third-order valence-corrected chi connectivity index (χ3v) is 4.98. The molecule has 3 aromatic rings. The van der Waals surface area contributed by atoms with Gasteiger partial charge in [0.25, 0.3) is 0 Å². The summed E-state index contributed by atoms with van der Waals surface area (Å²) in [6.07, 6.45) is 2.72. The number of aliphatic imine (C=N–C) groups is 1. The molecule has 2 aromatic carbocycles. The van der Waals surface area contributed by atoms with E-state index < -0.39 is 0 Å². The number of fused-ring (bicyclic) bond motifs is 1. The van der Waals surface area contributed by atoms with E-state index in [1.807, 2.05) is 30.3 Å². The molecule has 0 atom stereocenters.